The third-order valence-electron chi connectivity index (χ3n) is 5.15. The number of nitroso groups, excluding NO2 is 1. The molecular weight excluding hydrogens is 596 g/mol. The molecule has 38 heavy (non-hydrogen) atoms. The molecule has 4 rings (SSSR count). The van der Waals surface area contributed by atoms with Gasteiger partial charge in [-0.3, -0.25) is 14.5 Å². The maximum Gasteiger partial charge on any atom is 0.352 e. The molecule has 6 N–H and O–H groups in total. The van der Waals surface area contributed by atoms with Gasteiger partial charge in [0.1, 0.15) is 32.2 Å². The van der Waals surface area contributed by atoms with Gasteiger partial charge in [0.05, 0.1) is 0 Å². The van der Waals surface area contributed by atoms with Crippen molar-refractivity contribution >= 4 is 81.1 Å². The molecule has 1 saturated heterocycles. The molecule has 13 nitrogen and oxygen atoms in total. The molecule has 3 atom stereocenters. The smallest absolute Gasteiger partial charge is 0.352 e. The number of carbonyl (C=O) groups is 3. The molecule has 0 aromatic carbocycles. The van der Waals surface area contributed by atoms with Crippen molar-refractivity contribution in [3.63, 3.8) is 0 Å². The number of nitrogens with zero attached hydrogens (tertiary/aromatic N) is 5. The summed E-state index contributed by atoms with van der Waals surface area (Å²) in [5.74, 6) is -1.84. The predicted molar refractivity (Wildman–Crippen MR) is 147 cm³/mol. The normalized spacial score (nSPS) is 19.7. The van der Waals surface area contributed by atoms with E-state index in [1.54, 1.807) is 23.7 Å². The Kier molecular flexibility index (Phi) is 9.27. The first-order chi connectivity index (χ1) is 18.2. The molecule has 0 aliphatic carbocycles. The molecule has 0 saturated carbocycles. The zero-order valence-electron chi connectivity index (χ0n) is 19.1. The van der Waals surface area contributed by atoms with E-state index in [1.165, 1.54) is 35.3 Å². The summed E-state index contributed by atoms with van der Waals surface area (Å²) in [5.41, 5.74) is 11.2. The highest BCUT2D eigenvalue weighted by molar-refractivity contribution is 8.02. The van der Waals surface area contributed by atoms with Crippen LogP contribution in [0.15, 0.2) is 50.4 Å². The fourth-order valence-electron chi connectivity index (χ4n) is 3.52. The predicted octanol–water partition coefficient (Wildman–Crippen LogP) is 2.07. The van der Waals surface area contributed by atoms with E-state index in [1.807, 2.05) is 0 Å². The van der Waals surface area contributed by atoms with Crippen LogP contribution in [-0.2, 0) is 14.4 Å². The lowest BCUT2D eigenvalue weighted by molar-refractivity contribution is -0.150. The molecule has 0 radical (unpaired) electrons. The summed E-state index contributed by atoms with van der Waals surface area (Å²) in [6.45, 7) is 0.500. The summed E-state index contributed by atoms with van der Waals surface area (Å²) in [4.78, 5) is 62.6. The Morgan fingerprint density at radius 2 is 2.21 bits per heavy atom. The van der Waals surface area contributed by atoms with E-state index in [-0.39, 0.29) is 26.6 Å². The van der Waals surface area contributed by atoms with Crippen molar-refractivity contribution in [2.45, 2.75) is 27.6 Å². The van der Waals surface area contributed by atoms with Crippen LogP contribution in [0.2, 0.25) is 4.34 Å². The fourth-order valence-corrected chi connectivity index (χ4v) is 7.12. The number of hydrogen-bond donors (Lipinski definition) is 4. The second-order valence-corrected chi connectivity index (χ2v) is 12.3. The molecule has 0 spiro atoms. The first-order valence-corrected chi connectivity index (χ1v) is 14.8. The van der Waals surface area contributed by atoms with Crippen molar-refractivity contribution in [1.82, 2.24) is 25.2 Å². The summed E-state index contributed by atoms with van der Waals surface area (Å²) in [5, 5.41) is 17.4. The Bertz CT molecular complexity index is 1340. The number of thioether (sulfide) groups is 3. The number of anilines is 1. The van der Waals surface area contributed by atoms with Gasteiger partial charge in [-0.25, -0.2) is 19.7 Å². The highest BCUT2D eigenvalue weighted by Gasteiger charge is 2.54. The molecule has 0 bridgehead atoms. The third kappa shape index (κ3) is 5.97. The lowest BCUT2D eigenvalue weighted by Gasteiger charge is -2.49. The highest BCUT2D eigenvalue weighted by atomic mass is 35.5. The number of aromatic nitrogens is 3. The SMILES string of the molecule is NCCSc1nccc(SC=CC2=C(C(=O)O)N3C(=O)[C@@H](NC(=O)C(N=O)c4nc(N)sc4Cl)[C@H]3SC2)n1. The first-order valence-electron chi connectivity index (χ1n) is 10.7. The number of hydrogen-bond acceptors (Lipinski definition) is 14. The van der Waals surface area contributed by atoms with Crippen LogP contribution in [0.3, 0.4) is 0 Å². The Balaban J connectivity index is 1.45. The Morgan fingerprint density at radius 1 is 1.42 bits per heavy atom. The summed E-state index contributed by atoms with van der Waals surface area (Å²) in [7, 11) is 0. The number of carboxylic acid groups (broad SMARTS) is 1. The number of β-lactam (4-membered cyclic amide) rings is 1. The monoisotopic (exact) mass is 614 g/mol. The molecule has 2 amide bonds. The zero-order chi connectivity index (χ0) is 27.4. The second-order valence-electron chi connectivity index (χ2n) is 7.53. The number of thiazole rings is 1. The van der Waals surface area contributed by atoms with E-state index >= 15 is 0 Å². The van der Waals surface area contributed by atoms with Gasteiger partial charge in [-0.2, -0.15) is 0 Å². The number of nitrogens with one attached hydrogen (secondary N) is 1. The molecule has 2 aromatic rings. The largest absolute Gasteiger partial charge is 0.477 e. The summed E-state index contributed by atoms with van der Waals surface area (Å²) in [6.07, 6.45) is 3.24. The van der Waals surface area contributed by atoms with Gasteiger partial charge >= 0.3 is 5.97 Å². The number of carboxylic acids is 1. The lowest BCUT2D eigenvalue weighted by atomic mass is 10.0. The van der Waals surface area contributed by atoms with Crippen molar-refractivity contribution < 1.29 is 19.5 Å². The number of nitrogens with two attached hydrogens (primary N) is 2. The van der Waals surface area contributed by atoms with Gasteiger partial charge in [-0.1, -0.05) is 46.5 Å². The van der Waals surface area contributed by atoms with Gasteiger partial charge in [0, 0.05) is 24.2 Å². The highest BCUT2D eigenvalue weighted by Crippen LogP contribution is 2.41. The molecule has 4 heterocycles. The summed E-state index contributed by atoms with van der Waals surface area (Å²) < 4.78 is 0.0359. The average Bonchev–Trinajstić information content (AvgIpc) is 3.23. The van der Waals surface area contributed by atoms with Gasteiger partial charge in [0.2, 0.25) is 6.04 Å². The lowest BCUT2D eigenvalue weighted by Crippen LogP contribution is -2.70. The van der Waals surface area contributed by atoms with Crippen LogP contribution in [0.5, 0.6) is 0 Å². The van der Waals surface area contributed by atoms with E-state index in [4.69, 9.17) is 23.1 Å². The minimum Gasteiger partial charge on any atom is -0.477 e. The minimum atomic E-state index is -1.60. The van der Waals surface area contributed by atoms with Crippen LogP contribution in [0, 0.1) is 4.91 Å². The van der Waals surface area contributed by atoms with Gasteiger partial charge in [-0.05, 0) is 28.3 Å². The number of allylic oxidation sites excluding steroid dienone is 1. The van der Waals surface area contributed by atoms with Crippen LogP contribution in [0.25, 0.3) is 0 Å². The van der Waals surface area contributed by atoms with Crippen LogP contribution in [-0.4, -0.2) is 72.2 Å². The Hall–Kier alpha value is -2.70. The topological polar surface area (TPSA) is 207 Å². The van der Waals surface area contributed by atoms with Crippen molar-refractivity contribution in [1.29, 1.82) is 0 Å². The number of rotatable bonds is 11. The molecule has 2 aromatic heterocycles. The number of carbonyl (C=O) groups excluding carboxylic acids is 2. The molecule has 1 unspecified atom stereocenters. The summed E-state index contributed by atoms with van der Waals surface area (Å²) >= 11 is 10.9. The zero-order valence-corrected chi connectivity index (χ0v) is 23.2. The van der Waals surface area contributed by atoms with Crippen LogP contribution in [0.4, 0.5) is 5.13 Å². The Morgan fingerprint density at radius 3 is 2.87 bits per heavy atom. The standard InChI is InChI=1S/C20H19ClN8O5S4/c21-14-10(27-19(23)38-14)11(28-34)15(30)26-12-16(31)29-13(18(32)33)8(7-37-17(12)29)2-5-35-9-1-4-24-20(25-9)36-6-3-22/h1-2,4-5,11-12,17H,3,6-7,22H2,(H2,23,27)(H,26,30)(H,32,33)/t11?,12-,17-/m1/s1. The maximum atomic E-state index is 12.9. The summed E-state index contributed by atoms with van der Waals surface area (Å²) in [6, 6.07) is -0.931. The van der Waals surface area contributed by atoms with Crippen molar-refractivity contribution in [2.75, 3.05) is 23.8 Å². The molecule has 1 fully saturated rings. The quantitative estimate of drug-likeness (QED) is 0.0940. The van der Waals surface area contributed by atoms with Gasteiger partial charge in [0.25, 0.3) is 11.8 Å². The van der Waals surface area contributed by atoms with Gasteiger partial charge in [-0.15, -0.1) is 16.7 Å². The number of amides is 2. The minimum absolute atomic E-state index is 0.0359. The van der Waals surface area contributed by atoms with Crippen molar-refractivity contribution in [2.24, 2.45) is 10.9 Å². The molecule has 2 aliphatic rings. The molecule has 18 heteroatoms. The van der Waals surface area contributed by atoms with E-state index in [2.05, 4.69) is 25.4 Å². The number of nitrogen functional groups attached to an aromatic ring is 1. The molecule has 2 aliphatic heterocycles. The molecule has 200 valence electrons. The van der Waals surface area contributed by atoms with Crippen LogP contribution in [0.1, 0.15) is 11.7 Å². The fraction of sp³-hybridized carbons (Fsp3) is 0.300. The van der Waals surface area contributed by atoms with E-state index in [0.29, 0.717) is 28.1 Å². The van der Waals surface area contributed by atoms with E-state index in [0.717, 1.165) is 16.2 Å². The van der Waals surface area contributed by atoms with Crippen LogP contribution >= 0.6 is 58.2 Å². The van der Waals surface area contributed by atoms with Crippen LogP contribution < -0.4 is 16.8 Å². The average molecular weight is 615 g/mol. The maximum absolute atomic E-state index is 12.9. The van der Waals surface area contributed by atoms with Crippen molar-refractivity contribution in [3.8, 4) is 0 Å². The first kappa shape index (κ1) is 28.3. The number of halogens is 1. The molecular formula is C20H19ClN8O5S4. The Labute approximate surface area is 237 Å². The van der Waals surface area contributed by atoms with E-state index < -0.39 is 35.2 Å². The van der Waals surface area contributed by atoms with Crippen molar-refractivity contribution in [3.05, 3.63) is 50.0 Å². The van der Waals surface area contributed by atoms with E-state index in [9.17, 15) is 24.4 Å². The van der Waals surface area contributed by atoms with Gasteiger partial charge in [0.15, 0.2) is 10.3 Å². The second kappa shape index (κ2) is 12.4. The van der Waals surface area contributed by atoms with Gasteiger partial charge < -0.3 is 21.9 Å². The number of aliphatic carboxylic acids is 1. The third-order valence-corrected chi connectivity index (χ3v) is 9.20. The number of fused-ring (bicyclic) bond motifs is 1.